The van der Waals surface area contributed by atoms with Crippen LogP contribution < -0.4 is 10.6 Å². The fourth-order valence-electron chi connectivity index (χ4n) is 1.23. The maximum Gasteiger partial charge on any atom is 0.331 e. The molecule has 7 nitrogen and oxygen atoms in total. The van der Waals surface area contributed by atoms with Gasteiger partial charge in [0.05, 0.1) is 5.01 Å². The SMILES string of the molecule is CC(C(=O)O)=C(C)C(=O)NC(=O)NCCc1nccs1. The molecule has 0 aromatic carbocycles. The number of carboxylic acid groups (broad SMARTS) is 1. The van der Waals surface area contributed by atoms with Gasteiger partial charge >= 0.3 is 12.0 Å². The van der Waals surface area contributed by atoms with Crippen molar-refractivity contribution in [2.24, 2.45) is 0 Å². The maximum atomic E-state index is 11.6. The van der Waals surface area contributed by atoms with Crippen LogP contribution in [0, 0.1) is 0 Å². The third-order valence-corrected chi connectivity index (χ3v) is 3.40. The lowest BCUT2D eigenvalue weighted by atomic mass is 10.1. The zero-order valence-electron chi connectivity index (χ0n) is 11.1. The molecule has 108 valence electrons. The second kappa shape index (κ2) is 7.39. The van der Waals surface area contributed by atoms with Gasteiger partial charge in [-0.3, -0.25) is 10.1 Å². The Labute approximate surface area is 119 Å². The molecule has 0 atom stereocenters. The lowest BCUT2D eigenvalue weighted by Gasteiger charge is -2.07. The molecule has 0 saturated heterocycles. The number of urea groups is 1. The highest BCUT2D eigenvalue weighted by molar-refractivity contribution is 7.09. The van der Waals surface area contributed by atoms with E-state index in [1.165, 1.54) is 25.2 Å². The van der Waals surface area contributed by atoms with E-state index < -0.39 is 17.9 Å². The van der Waals surface area contributed by atoms with Crippen molar-refractivity contribution in [1.82, 2.24) is 15.6 Å². The van der Waals surface area contributed by atoms with Gasteiger partial charge in [-0.2, -0.15) is 0 Å². The summed E-state index contributed by atoms with van der Waals surface area (Å²) in [5.74, 6) is -1.92. The van der Waals surface area contributed by atoms with Gasteiger partial charge in [-0.15, -0.1) is 11.3 Å². The first kappa shape index (κ1) is 15.8. The standard InChI is InChI=1S/C12H15N3O4S/c1-7(8(2)11(17)18)10(16)15-12(19)14-4-3-9-13-5-6-20-9/h5-6H,3-4H2,1-2H3,(H,17,18)(H2,14,15,16,19). The maximum absolute atomic E-state index is 11.6. The number of carbonyl (C=O) groups is 3. The lowest BCUT2D eigenvalue weighted by molar-refractivity contribution is -0.133. The van der Waals surface area contributed by atoms with E-state index in [0.717, 1.165) is 5.01 Å². The molecule has 0 aliphatic carbocycles. The number of carbonyl (C=O) groups excluding carboxylic acids is 2. The van der Waals surface area contributed by atoms with Crippen LogP contribution in [0.3, 0.4) is 0 Å². The average molecular weight is 297 g/mol. The molecular formula is C12H15N3O4S. The third-order valence-electron chi connectivity index (χ3n) is 2.56. The Balaban J connectivity index is 2.40. The van der Waals surface area contributed by atoms with E-state index in [2.05, 4.69) is 15.6 Å². The summed E-state index contributed by atoms with van der Waals surface area (Å²) in [7, 11) is 0. The van der Waals surface area contributed by atoms with E-state index in [-0.39, 0.29) is 11.1 Å². The molecule has 1 heterocycles. The van der Waals surface area contributed by atoms with Crippen molar-refractivity contribution in [3.8, 4) is 0 Å². The number of carboxylic acids is 1. The van der Waals surface area contributed by atoms with Crippen LogP contribution in [0.25, 0.3) is 0 Å². The number of imide groups is 1. The molecule has 1 aromatic heterocycles. The predicted molar refractivity (Wildman–Crippen MR) is 73.4 cm³/mol. The smallest absolute Gasteiger partial charge is 0.331 e. The summed E-state index contributed by atoms with van der Waals surface area (Å²) < 4.78 is 0. The van der Waals surface area contributed by atoms with Crippen molar-refractivity contribution in [2.75, 3.05) is 6.54 Å². The average Bonchev–Trinajstić information content (AvgIpc) is 2.89. The van der Waals surface area contributed by atoms with Gasteiger partial charge in [-0.25, -0.2) is 14.6 Å². The Morgan fingerprint density at radius 1 is 1.30 bits per heavy atom. The van der Waals surface area contributed by atoms with E-state index in [4.69, 9.17) is 5.11 Å². The molecule has 0 fully saturated rings. The van der Waals surface area contributed by atoms with Gasteiger partial charge in [0.15, 0.2) is 0 Å². The van der Waals surface area contributed by atoms with Crippen LogP contribution >= 0.6 is 11.3 Å². The minimum atomic E-state index is -1.19. The molecular weight excluding hydrogens is 282 g/mol. The van der Waals surface area contributed by atoms with Gasteiger partial charge < -0.3 is 10.4 Å². The zero-order chi connectivity index (χ0) is 15.1. The van der Waals surface area contributed by atoms with E-state index in [1.54, 1.807) is 6.20 Å². The van der Waals surface area contributed by atoms with Crippen LogP contribution in [0.15, 0.2) is 22.7 Å². The molecule has 1 aromatic rings. The van der Waals surface area contributed by atoms with E-state index in [9.17, 15) is 14.4 Å². The Morgan fingerprint density at radius 3 is 2.55 bits per heavy atom. The number of hydrogen-bond acceptors (Lipinski definition) is 5. The molecule has 3 N–H and O–H groups in total. The van der Waals surface area contributed by atoms with Gasteiger partial charge in [0.25, 0.3) is 5.91 Å². The minimum absolute atomic E-state index is 0.00688. The van der Waals surface area contributed by atoms with Crippen LogP contribution in [0.2, 0.25) is 0 Å². The molecule has 1 rings (SSSR count). The summed E-state index contributed by atoms with van der Waals surface area (Å²) in [4.78, 5) is 37.8. The fourth-order valence-corrected chi connectivity index (χ4v) is 1.85. The lowest BCUT2D eigenvalue weighted by Crippen LogP contribution is -2.41. The molecule has 0 spiro atoms. The number of thiazole rings is 1. The van der Waals surface area contributed by atoms with Crippen LogP contribution in [-0.2, 0) is 16.0 Å². The number of nitrogens with zero attached hydrogens (tertiary/aromatic N) is 1. The van der Waals surface area contributed by atoms with Crippen molar-refractivity contribution in [3.63, 3.8) is 0 Å². The number of nitrogens with one attached hydrogen (secondary N) is 2. The summed E-state index contributed by atoms with van der Waals surface area (Å²) in [6.45, 7) is 2.99. The minimum Gasteiger partial charge on any atom is -0.478 e. The third kappa shape index (κ3) is 4.81. The molecule has 3 amide bonds. The first-order chi connectivity index (χ1) is 9.41. The number of aliphatic carboxylic acids is 1. The Hall–Kier alpha value is -2.22. The highest BCUT2D eigenvalue weighted by atomic mass is 32.1. The van der Waals surface area contributed by atoms with Crippen molar-refractivity contribution >= 4 is 29.2 Å². The number of hydrogen-bond donors (Lipinski definition) is 3. The van der Waals surface area contributed by atoms with Gasteiger partial charge in [0, 0.05) is 35.7 Å². The monoisotopic (exact) mass is 297 g/mol. The van der Waals surface area contributed by atoms with Crippen molar-refractivity contribution in [1.29, 1.82) is 0 Å². The molecule has 20 heavy (non-hydrogen) atoms. The largest absolute Gasteiger partial charge is 0.478 e. The van der Waals surface area contributed by atoms with Crippen molar-refractivity contribution < 1.29 is 19.5 Å². The van der Waals surface area contributed by atoms with Crippen LogP contribution in [0.1, 0.15) is 18.9 Å². The summed E-state index contributed by atoms with van der Waals surface area (Å²) in [6.07, 6.45) is 2.24. The number of rotatable bonds is 5. The number of amides is 3. The Kier molecular flexibility index (Phi) is 5.85. The molecule has 0 radical (unpaired) electrons. The van der Waals surface area contributed by atoms with E-state index in [1.807, 2.05) is 5.38 Å². The molecule has 0 bridgehead atoms. The van der Waals surface area contributed by atoms with Crippen LogP contribution in [0.5, 0.6) is 0 Å². The van der Waals surface area contributed by atoms with Crippen molar-refractivity contribution in [2.45, 2.75) is 20.3 Å². The fraction of sp³-hybridized carbons (Fsp3) is 0.333. The van der Waals surface area contributed by atoms with Gasteiger partial charge in [-0.05, 0) is 13.8 Å². The second-order valence-corrected chi connectivity index (χ2v) is 4.92. The molecule has 8 heteroatoms. The highest BCUT2D eigenvalue weighted by Gasteiger charge is 2.14. The Bertz CT molecular complexity index is 537. The van der Waals surface area contributed by atoms with Crippen molar-refractivity contribution in [3.05, 3.63) is 27.7 Å². The summed E-state index contributed by atoms with van der Waals surface area (Å²) in [6, 6.07) is -0.663. The van der Waals surface area contributed by atoms with E-state index >= 15 is 0 Å². The normalized spacial score (nSPS) is 11.5. The first-order valence-electron chi connectivity index (χ1n) is 5.80. The number of aromatic nitrogens is 1. The summed E-state index contributed by atoms with van der Waals surface area (Å²) in [5.41, 5.74) is -0.106. The van der Waals surface area contributed by atoms with Crippen LogP contribution in [-0.4, -0.2) is 34.5 Å². The Morgan fingerprint density at radius 2 is 2.00 bits per heavy atom. The molecule has 0 aliphatic heterocycles. The summed E-state index contributed by atoms with van der Waals surface area (Å²) >= 11 is 1.48. The molecule has 0 saturated carbocycles. The zero-order valence-corrected chi connectivity index (χ0v) is 11.9. The summed E-state index contributed by atoms with van der Waals surface area (Å²) in [5, 5.41) is 16.0. The quantitative estimate of drug-likeness (QED) is 0.701. The van der Waals surface area contributed by atoms with Gasteiger partial charge in [0.1, 0.15) is 0 Å². The molecule has 0 unspecified atom stereocenters. The molecule has 0 aliphatic rings. The van der Waals surface area contributed by atoms with Gasteiger partial charge in [-0.1, -0.05) is 0 Å². The topological polar surface area (TPSA) is 108 Å². The first-order valence-corrected chi connectivity index (χ1v) is 6.68. The van der Waals surface area contributed by atoms with E-state index in [0.29, 0.717) is 13.0 Å². The van der Waals surface area contributed by atoms with Crippen LogP contribution in [0.4, 0.5) is 4.79 Å². The second-order valence-electron chi connectivity index (χ2n) is 3.94. The highest BCUT2D eigenvalue weighted by Crippen LogP contribution is 2.04. The van der Waals surface area contributed by atoms with Gasteiger partial charge in [0.2, 0.25) is 0 Å². The predicted octanol–water partition coefficient (Wildman–Crippen LogP) is 0.932.